The van der Waals surface area contributed by atoms with Gasteiger partial charge < -0.3 is 19.0 Å². The highest BCUT2D eigenvalue weighted by molar-refractivity contribution is 7.20. The second-order valence-electron chi connectivity index (χ2n) is 9.78. The number of halogens is 1. The number of aromatic nitrogens is 1. The minimum atomic E-state index is -1.02. The van der Waals surface area contributed by atoms with E-state index >= 15 is 0 Å². The molecule has 1 rings (SSSR count). The predicted molar refractivity (Wildman–Crippen MR) is 126 cm³/mol. The number of hydrogen-bond donors (Lipinski definition) is 0. The molecule has 0 fully saturated rings. The lowest BCUT2D eigenvalue weighted by Crippen LogP contribution is -2.43. The second-order valence-corrected chi connectivity index (χ2v) is 11.4. The van der Waals surface area contributed by atoms with Gasteiger partial charge in [-0.25, -0.2) is 19.4 Å². The number of anilines is 1. The molecule has 12 heteroatoms. The Morgan fingerprint density at radius 2 is 1.42 bits per heavy atom. The van der Waals surface area contributed by atoms with Crippen LogP contribution in [0.2, 0.25) is 4.34 Å². The van der Waals surface area contributed by atoms with Crippen LogP contribution in [0.3, 0.4) is 0 Å². The minimum Gasteiger partial charge on any atom is -0.461 e. The zero-order valence-electron chi connectivity index (χ0n) is 20.7. The molecule has 2 amide bonds. The van der Waals surface area contributed by atoms with E-state index in [-0.39, 0.29) is 27.5 Å². The van der Waals surface area contributed by atoms with Crippen LogP contribution in [0.4, 0.5) is 14.7 Å². The molecule has 0 atom stereocenters. The van der Waals surface area contributed by atoms with E-state index in [0.29, 0.717) is 4.90 Å². The summed E-state index contributed by atoms with van der Waals surface area (Å²) in [6, 6.07) is 0. The molecule has 1 aromatic rings. The number of rotatable bonds is 5. The standard InChI is InChI=1S/C21H32ClN3O7S/c1-11-29-15(26)13(24-32-21(8,9)10)12-14(22)33-16(23-12)25(17(27)30-19(2,3)4)18(28)31-20(5,6)7/h11H2,1-10H3/b24-13-. The van der Waals surface area contributed by atoms with Crippen LogP contribution >= 0.6 is 22.9 Å². The van der Waals surface area contributed by atoms with Gasteiger partial charge in [-0.15, -0.1) is 0 Å². The zero-order chi connectivity index (χ0) is 25.8. The Labute approximate surface area is 203 Å². The van der Waals surface area contributed by atoms with Crippen LogP contribution in [0, 0.1) is 0 Å². The van der Waals surface area contributed by atoms with Gasteiger partial charge in [-0.2, -0.15) is 4.90 Å². The van der Waals surface area contributed by atoms with Gasteiger partial charge in [-0.05, 0) is 69.2 Å². The van der Waals surface area contributed by atoms with Gasteiger partial charge in [0.1, 0.15) is 26.8 Å². The van der Waals surface area contributed by atoms with Crippen molar-refractivity contribution in [3.05, 3.63) is 10.0 Å². The molecule has 1 heterocycles. The van der Waals surface area contributed by atoms with Crippen molar-refractivity contribution in [1.82, 2.24) is 4.98 Å². The fourth-order valence-corrected chi connectivity index (χ4v) is 3.05. The van der Waals surface area contributed by atoms with Crippen LogP contribution in [0.1, 0.15) is 74.9 Å². The highest BCUT2D eigenvalue weighted by Crippen LogP contribution is 2.33. The maximum absolute atomic E-state index is 12.9. The van der Waals surface area contributed by atoms with Crippen molar-refractivity contribution in [2.24, 2.45) is 5.16 Å². The van der Waals surface area contributed by atoms with Crippen LogP contribution in [-0.4, -0.2) is 52.3 Å². The number of nitrogens with zero attached hydrogens (tertiary/aromatic N) is 3. The average molecular weight is 506 g/mol. The first kappa shape index (κ1) is 28.6. The second kappa shape index (κ2) is 10.7. The Hall–Kier alpha value is -2.40. The summed E-state index contributed by atoms with van der Waals surface area (Å²) in [6.07, 6.45) is -2.04. The molecule has 0 aliphatic heterocycles. The number of carbonyl (C=O) groups is 3. The Morgan fingerprint density at radius 1 is 0.939 bits per heavy atom. The number of oxime groups is 1. The van der Waals surface area contributed by atoms with Gasteiger partial charge in [0, 0.05) is 0 Å². The summed E-state index contributed by atoms with van der Waals surface area (Å²) in [4.78, 5) is 48.4. The van der Waals surface area contributed by atoms with E-state index in [4.69, 9.17) is 30.6 Å². The number of carbonyl (C=O) groups excluding carboxylic acids is 3. The van der Waals surface area contributed by atoms with Crippen LogP contribution in [-0.2, 0) is 23.8 Å². The van der Waals surface area contributed by atoms with Crippen LogP contribution in [0.5, 0.6) is 0 Å². The normalized spacial score (nSPS) is 12.8. The number of imide groups is 1. The monoisotopic (exact) mass is 505 g/mol. The van der Waals surface area contributed by atoms with E-state index in [2.05, 4.69) is 10.1 Å². The van der Waals surface area contributed by atoms with E-state index in [0.717, 1.165) is 11.3 Å². The third kappa shape index (κ3) is 9.55. The number of ether oxygens (including phenoxy) is 3. The third-order valence-corrected chi connectivity index (χ3v) is 4.26. The predicted octanol–water partition coefficient (Wildman–Crippen LogP) is 5.56. The van der Waals surface area contributed by atoms with Gasteiger partial charge in [0.25, 0.3) is 0 Å². The van der Waals surface area contributed by atoms with E-state index in [9.17, 15) is 14.4 Å². The molecule has 1 aromatic heterocycles. The van der Waals surface area contributed by atoms with Crippen molar-refractivity contribution >= 4 is 51.9 Å². The maximum atomic E-state index is 12.9. The Morgan fingerprint density at radius 3 is 1.82 bits per heavy atom. The van der Waals surface area contributed by atoms with Gasteiger partial charge in [-0.3, -0.25) is 0 Å². The number of esters is 1. The van der Waals surface area contributed by atoms with E-state index in [1.807, 2.05) is 0 Å². The zero-order valence-corrected chi connectivity index (χ0v) is 22.3. The molecular formula is C21H32ClN3O7S. The molecule has 0 unspecified atom stereocenters. The van der Waals surface area contributed by atoms with Gasteiger partial charge >= 0.3 is 18.2 Å². The van der Waals surface area contributed by atoms with E-state index < -0.39 is 35.0 Å². The SMILES string of the molecule is CCOC(=O)/C(=N\OC(C)(C)C)c1nc(N(C(=O)OC(C)(C)C)C(=O)OC(C)(C)C)sc1Cl. The van der Waals surface area contributed by atoms with Crippen LogP contribution < -0.4 is 4.90 Å². The van der Waals surface area contributed by atoms with Gasteiger partial charge in [0.05, 0.1) is 6.61 Å². The summed E-state index contributed by atoms with van der Waals surface area (Å²) >= 11 is 7.10. The Kier molecular flexibility index (Phi) is 9.27. The summed E-state index contributed by atoms with van der Waals surface area (Å²) < 4.78 is 15.7. The number of thiazole rings is 1. The molecule has 33 heavy (non-hydrogen) atoms. The van der Waals surface area contributed by atoms with Crippen LogP contribution in [0.15, 0.2) is 5.16 Å². The fourth-order valence-electron chi connectivity index (χ4n) is 1.94. The molecule has 0 bridgehead atoms. The van der Waals surface area contributed by atoms with Crippen molar-refractivity contribution in [1.29, 1.82) is 0 Å². The topological polar surface area (TPSA) is 117 Å². The Balaban J connectivity index is 3.55. The first-order valence-corrected chi connectivity index (χ1v) is 11.4. The lowest BCUT2D eigenvalue weighted by Gasteiger charge is -2.27. The molecule has 0 N–H and O–H groups in total. The average Bonchev–Trinajstić information content (AvgIpc) is 2.92. The molecule has 0 aliphatic rings. The van der Waals surface area contributed by atoms with Crippen LogP contribution in [0.25, 0.3) is 0 Å². The minimum absolute atomic E-state index is 0.0218. The quantitative estimate of drug-likeness (QED) is 0.221. The lowest BCUT2D eigenvalue weighted by molar-refractivity contribution is -0.135. The molecule has 0 saturated heterocycles. The molecule has 0 saturated carbocycles. The molecular weight excluding hydrogens is 474 g/mol. The summed E-state index contributed by atoms with van der Waals surface area (Å²) in [5.74, 6) is -0.832. The summed E-state index contributed by atoms with van der Waals surface area (Å²) in [5, 5.41) is 3.70. The molecule has 0 radical (unpaired) electrons. The number of hydrogen-bond acceptors (Lipinski definition) is 10. The summed E-state index contributed by atoms with van der Waals surface area (Å²) in [7, 11) is 0. The van der Waals surface area contributed by atoms with Gasteiger partial charge in [0.2, 0.25) is 10.8 Å². The molecule has 0 aromatic carbocycles. The molecule has 10 nitrogen and oxygen atoms in total. The van der Waals surface area contributed by atoms with Gasteiger partial charge in [0.15, 0.2) is 0 Å². The number of amides is 2. The third-order valence-electron chi connectivity index (χ3n) is 3.02. The molecule has 0 aliphatic carbocycles. The summed E-state index contributed by atoms with van der Waals surface area (Å²) in [6.45, 7) is 16.8. The lowest BCUT2D eigenvalue weighted by atomic mass is 10.2. The highest BCUT2D eigenvalue weighted by Gasteiger charge is 2.36. The van der Waals surface area contributed by atoms with Crippen molar-refractivity contribution in [2.45, 2.75) is 86.0 Å². The first-order valence-electron chi connectivity index (χ1n) is 10.2. The Bertz CT molecular complexity index is 880. The fraction of sp³-hybridized carbons (Fsp3) is 0.667. The molecule has 186 valence electrons. The first-order chi connectivity index (χ1) is 14.8. The van der Waals surface area contributed by atoms with Crippen molar-refractivity contribution in [3.8, 4) is 0 Å². The van der Waals surface area contributed by atoms with E-state index in [1.165, 1.54) is 0 Å². The van der Waals surface area contributed by atoms with Crippen molar-refractivity contribution in [2.75, 3.05) is 11.5 Å². The highest BCUT2D eigenvalue weighted by atomic mass is 35.5. The van der Waals surface area contributed by atoms with Crippen molar-refractivity contribution in [3.63, 3.8) is 0 Å². The smallest absolute Gasteiger partial charge is 0.426 e. The summed E-state index contributed by atoms with van der Waals surface area (Å²) in [5.41, 5.74) is -2.95. The van der Waals surface area contributed by atoms with Gasteiger partial charge in [-0.1, -0.05) is 28.1 Å². The largest absolute Gasteiger partial charge is 0.461 e. The van der Waals surface area contributed by atoms with E-state index in [1.54, 1.807) is 69.2 Å². The maximum Gasteiger partial charge on any atom is 0.426 e. The molecule has 0 spiro atoms. The van der Waals surface area contributed by atoms with Crippen molar-refractivity contribution < 1.29 is 33.4 Å².